The summed E-state index contributed by atoms with van der Waals surface area (Å²) >= 11 is 0. The molecule has 0 saturated heterocycles. The van der Waals surface area contributed by atoms with E-state index in [4.69, 9.17) is 5.11 Å². The van der Waals surface area contributed by atoms with Gasteiger partial charge in [0.15, 0.2) is 5.78 Å². The maximum atomic E-state index is 13.2. The molecule has 0 fully saturated rings. The summed E-state index contributed by atoms with van der Waals surface area (Å²) < 4.78 is 13.2. The summed E-state index contributed by atoms with van der Waals surface area (Å²) in [6.45, 7) is 0. The van der Waals surface area contributed by atoms with E-state index in [1.165, 1.54) is 18.2 Å². The Morgan fingerprint density at radius 2 is 1.67 bits per heavy atom. The highest BCUT2D eigenvalue weighted by Gasteiger charge is 2.20. The topological polar surface area (TPSA) is 88.5 Å². The van der Waals surface area contributed by atoms with Crippen LogP contribution in [0.5, 0.6) is 0 Å². The van der Waals surface area contributed by atoms with Crippen LogP contribution in [0.4, 0.5) is 4.39 Å². The van der Waals surface area contributed by atoms with E-state index in [-0.39, 0.29) is 5.56 Å². The molecule has 0 unspecified atom stereocenters. The number of aliphatic carboxylic acids is 1. The van der Waals surface area contributed by atoms with Crippen molar-refractivity contribution in [1.29, 1.82) is 0 Å². The molecule has 0 amide bonds. The van der Waals surface area contributed by atoms with E-state index >= 15 is 0 Å². The monoisotopic (exact) mass is 252 g/mol. The lowest BCUT2D eigenvalue weighted by Crippen LogP contribution is -2.19. The third-order valence-electron chi connectivity index (χ3n) is 2.13. The second-order valence-corrected chi connectivity index (χ2v) is 3.52. The quantitative estimate of drug-likeness (QED) is 0.463. The Morgan fingerprint density at radius 3 is 2.22 bits per heavy atom. The number of Topliss-reactive ketones (excluding diaryl/α,β-unsaturated/α-hetero) is 3. The van der Waals surface area contributed by atoms with E-state index in [9.17, 15) is 23.6 Å². The molecule has 0 saturated carbocycles. The van der Waals surface area contributed by atoms with Gasteiger partial charge in [-0.2, -0.15) is 0 Å². The summed E-state index contributed by atoms with van der Waals surface area (Å²) in [5.41, 5.74) is -0.256. The Labute approximate surface area is 101 Å². The number of carboxylic acid groups (broad SMARTS) is 1. The van der Waals surface area contributed by atoms with Gasteiger partial charge < -0.3 is 5.11 Å². The fourth-order valence-electron chi connectivity index (χ4n) is 1.28. The number of halogens is 1. The van der Waals surface area contributed by atoms with Gasteiger partial charge in [-0.3, -0.25) is 14.4 Å². The first-order valence-electron chi connectivity index (χ1n) is 4.97. The van der Waals surface area contributed by atoms with Gasteiger partial charge in [0.1, 0.15) is 11.6 Å². The summed E-state index contributed by atoms with van der Waals surface area (Å²) in [4.78, 5) is 43.7. The highest BCUT2D eigenvalue weighted by molar-refractivity contribution is 6.36. The first-order chi connectivity index (χ1) is 8.41. The summed E-state index contributed by atoms with van der Waals surface area (Å²) in [6, 6.07) is 5.11. The minimum Gasteiger partial charge on any atom is -0.475 e. The fourth-order valence-corrected chi connectivity index (χ4v) is 1.28. The van der Waals surface area contributed by atoms with Crippen LogP contribution in [0.1, 0.15) is 23.2 Å². The van der Waals surface area contributed by atoms with Crippen molar-refractivity contribution in [1.82, 2.24) is 0 Å². The predicted molar refractivity (Wildman–Crippen MR) is 57.6 cm³/mol. The number of carbonyl (C=O) groups is 4. The highest BCUT2D eigenvalue weighted by Crippen LogP contribution is 2.10. The van der Waals surface area contributed by atoms with Gasteiger partial charge in [-0.05, 0) is 12.1 Å². The first kappa shape index (κ1) is 13.7. The minimum absolute atomic E-state index is 0.256. The van der Waals surface area contributed by atoms with Crippen LogP contribution in [0.3, 0.4) is 0 Å². The zero-order chi connectivity index (χ0) is 13.7. The molecular weight excluding hydrogens is 243 g/mol. The molecule has 0 atom stereocenters. The molecule has 1 rings (SSSR count). The molecule has 0 radical (unpaired) electrons. The fraction of sp³-hybridized carbons (Fsp3) is 0.167. The van der Waals surface area contributed by atoms with Gasteiger partial charge in [-0.15, -0.1) is 0 Å². The number of hydrogen-bond donors (Lipinski definition) is 1. The third-order valence-corrected chi connectivity index (χ3v) is 2.13. The number of carbonyl (C=O) groups excluding carboxylic acids is 3. The zero-order valence-corrected chi connectivity index (χ0v) is 9.18. The molecule has 0 aliphatic carbocycles. The van der Waals surface area contributed by atoms with E-state index in [1.807, 2.05) is 0 Å². The molecular formula is C12H9FO5. The third kappa shape index (κ3) is 3.58. The van der Waals surface area contributed by atoms with Crippen molar-refractivity contribution in [2.45, 2.75) is 12.8 Å². The van der Waals surface area contributed by atoms with E-state index in [2.05, 4.69) is 0 Å². The number of hydrogen-bond acceptors (Lipinski definition) is 4. The standard InChI is InChI=1S/C12H9FO5/c13-9-4-2-1-3-8(9)10(15)5-7(14)6-11(16)12(17)18/h1-4H,5-6H2,(H,17,18). The Balaban J connectivity index is 2.66. The number of carboxylic acids is 1. The molecule has 5 nitrogen and oxygen atoms in total. The Morgan fingerprint density at radius 1 is 1.06 bits per heavy atom. The second kappa shape index (κ2) is 5.81. The summed E-state index contributed by atoms with van der Waals surface area (Å²) in [6.07, 6.45) is -1.56. The number of rotatable bonds is 6. The van der Waals surface area contributed by atoms with Crippen molar-refractivity contribution in [3.05, 3.63) is 35.6 Å². The molecule has 94 valence electrons. The van der Waals surface area contributed by atoms with E-state index in [1.54, 1.807) is 0 Å². The van der Waals surface area contributed by atoms with Crippen LogP contribution in [0, 0.1) is 5.82 Å². The van der Waals surface area contributed by atoms with Crippen molar-refractivity contribution in [3.63, 3.8) is 0 Å². The van der Waals surface area contributed by atoms with Gasteiger partial charge in [-0.25, -0.2) is 9.18 Å². The molecule has 0 aromatic heterocycles. The van der Waals surface area contributed by atoms with E-state index < -0.39 is 42.0 Å². The Hall–Kier alpha value is -2.37. The van der Waals surface area contributed by atoms with E-state index in [0.717, 1.165) is 6.07 Å². The van der Waals surface area contributed by atoms with Crippen LogP contribution in [0.2, 0.25) is 0 Å². The molecule has 18 heavy (non-hydrogen) atoms. The summed E-state index contributed by atoms with van der Waals surface area (Å²) in [7, 11) is 0. The van der Waals surface area contributed by atoms with Crippen LogP contribution in [0.15, 0.2) is 24.3 Å². The molecule has 0 heterocycles. The van der Waals surface area contributed by atoms with E-state index in [0.29, 0.717) is 0 Å². The molecule has 1 aromatic carbocycles. The highest BCUT2D eigenvalue weighted by atomic mass is 19.1. The number of ketones is 3. The SMILES string of the molecule is O=C(CC(=O)C(=O)O)CC(=O)c1ccccc1F. The van der Waals surface area contributed by atoms with Gasteiger partial charge in [0.2, 0.25) is 5.78 Å². The van der Waals surface area contributed by atoms with Gasteiger partial charge >= 0.3 is 5.97 Å². The lowest BCUT2D eigenvalue weighted by molar-refractivity contribution is -0.150. The molecule has 1 aromatic rings. The lowest BCUT2D eigenvalue weighted by atomic mass is 10.0. The van der Waals surface area contributed by atoms with Crippen LogP contribution < -0.4 is 0 Å². The predicted octanol–water partition coefficient (Wildman–Crippen LogP) is 1.01. The molecule has 0 aliphatic heterocycles. The van der Waals surface area contributed by atoms with Crippen molar-refractivity contribution >= 4 is 23.3 Å². The lowest BCUT2D eigenvalue weighted by Gasteiger charge is -2.01. The van der Waals surface area contributed by atoms with Gasteiger partial charge in [-0.1, -0.05) is 12.1 Å². The van der Waals surface area contributed by atoms with Crippen LogP contribution in [-0.4, -0.2) is 28.4 Å². The van der Waals surface area contributed by atoms with Gasteiger partial charge in [0.05, 0.1) is 18.4 Å². The van der Waals surface area contributed by atoms with Crippen molar-refractivity contribution < 1.29 is 28.7 Å². The van der Waals surface area contributed by atoms with Crippen molar-refractivity contribution in [2.75, 3.05) is 0 Å². The zero-order valence-electron chi connectivity index (χ0n) is 9.18. The van der Waals surface area contributed by atoms with Crippen molar-refractivity contribution in [3.8, 4) is 0 Å². The minimum atomic E-state index is -1.73. The van der Waals surface area contributed by atoms with Crippen molar-refractivity contribution in [2.24, 2.45) is 0 Å². The molecule has 0 bridgehead atoms. The Bertz CT molecular complexity index is 521. The summed E-state index contributed by atoms with van der Waals surface area (Å²) in [5.74, 6) is -5.42. The number of benzene rings is 1. The average molecular weight is 252 g/mol. The second-order valence-electron chi connectivity index (χ2n) is 3.52. The normalized spacial score (nSPS) is 9.83. The van der Waals surface area contributed by atoms with Gasteiger partial charge in [0.25, 0.3) is 0 Å². The largest absolute Gasteiger partial charge is 0.475 e. The Kier molecular flexibility index (Phi) is 4.42. The maximum absolute atomic E-state index is 13.2. The maximum Gasteiger partial charge on any atom is 0.372 e. The molecule has 0 spiro atoms. The van der Waals surface area contributed by atoms with Crippen LogP contribution in [-0.2, 0) is 14.4 Å². The molecule has 0 aliphatic rings. The average Bonchev–Trinajstić information content (AvgIpc) is 2.28. The smallest absolute Gasteiger partial charge is 0.372 e. The van der Waals surface area contributed by atoms with Crippen LogP contribution in [0.25, 0.3) is 0 Å². The molecule has 1 N–H and O–H groups in total. The summed E-state index contributed by atoms with van der Waals surface area (Å²) in [5, 5.41) is 8.28. The first-order valence-corrected chi connectivity index (χ1v) is 4.97. The van der Waals surface area contributed by atoms with Gasteiger partial charge in [0, 0.05) is 0 Å². The molecule has 6 heteroatoms. The van der Waals surface area contributed by atoms with Crippen LogP contribution >= 0.6 is 0 Å².